The first-order valence-electron chi connectivity index (χ1n) is 9.19. The van der Waals surface area contributed by atoms with Crippen molar-refractivity contribution in [3.05, 3.63) is 106 Å². The molecule has 2 nitrogen and oxygen atoms in total. The SMILES string of the molecule is Cc1ccccc1N=c1scc(-c2ccccc2)n1CCc1ccccc1. The highest BCUT2D eigenvalue weighted by atomic mass is 32.1. The number of rotatable bonds is 5. The number of hydrogen-bond acceptors (Lipinski definition) is 2. The van der Waals surface area contributed by atoms with E-state index in [4.69, 9.17) is 4.99 Å². The van der Waals surface area contributed by atoms with Gasteiger partial charge in [-0.05, 0) is 36.1 Å². The summed E-state index contributed by atoms with van der Waals surface area (Å²) in [6.45, 7) is 3.02. The summed E-state index contributed by atoms with van der Waals surface area (Å²) in [5.74, 6) is 0. The van der Waals surface area contributed by atoms with E-state index in [1.165, 1.54) is 22.4 Å². The van der Waals surface area contributed by atoms with Crippen molar-refractivity contribution in [2.45, 2.75) is 19.9 Å². The zero-order valence-corrected chi connectivity index (χ0v) is 16.2. The van der Waals surface area contributed by atoms with Gasteiger partial charge in [-0.15, -0.1) is 11.3 Å². The van der Waals surface area contributed by atoms with Gasteiger partial charge in [0.05, 0.1) is 11.4 Å². The van der Waals surface area contributed by atoms with E-state index >= 15 is 0 Å². The maximum Gasteiger partial charge on any atom is 0.190 e. The van der Waals surface area contributed by atoms with Gasteiger partial charge in [0.25, 0.3) is 0 Å². The van der Waals surface area contributed by atoms with Gasteiger partial charge in [-0.25, -0.2) is 4.99 Å². The molecule has 27 heavy (non-hydrogen) atoms. The third kappa shape index (κ3) is 4.09. The zero-order chi connectivity index (χ0) is 18.5. The van der Waals surface area contributed by atoms with Crippen molar-refractivity contribution in [1.82, 2.24) is 4.57 Å². The number of aryl methyl sites for hydroxylation is 2. The van der Waals surface area contributed by atoms with E-state index < -0.39 is 0 Å². The molecule has 0 aliphatic rings. The molecule has 4 rings (SSSR count). The molecule has 0 saturated heterocycles. The normalized spacial score (nSPS) is 11.7. The van der Waals surface area contributed by atoms with E-state index in [0.717, 1.165) is 23.5 Å². The molecule has 0 bridgehead atoms. The zero-order valence-electron chi connectivity index (χ0n) is 15.4. The Balaban J connectivity index is 1.77. The number of hydrogen-bond donors (Lipinski definition) is 0. The average molecular weight is 371 g/mol. The predicted octanol–water partition coefficient (Wildman–Crippen LogP) is 6.00. The summed E-state index contributed by atoms with van der Waals surface area (Å²) in [7, 11) is 0. The minimum atomic E-state index is 0.905. The summed E-state index contributed by atoms with van der Waals surface area (Å²) < 4.78 is 2.35. The summed E-state index contributed by atoms with van der Waals surface area (Å²) in [5.41, 5.74) is 6.03. The van der Waals surface area contributed by atoms with Gasteiger partial charge in [-0.1, -0.05) is 78.9 Å². The lowest BCUT2D eigenvalue weighted by molar-refractivity contribution is 0.684. The van der Waals surface area contributed by atoms with Crippen LogP contribution in [0.3, 0.4) is 0 Å². The fourth-order valence-electron chi connectivity index (χ4n) is 3.15. The Kier molecular flexibility index (Phi) is 5.31. The largest absolute Gasteiger partial charge is 0.316 e. The van der Waals surface area contributed by atoms with Crippen LogP contribution in [0.4, 0.5) is 5.69 Å². The molecule has 0 aliphatic heterocycles. The Morgan fingerprint density at radius 3 is 2.22 bits per heavy atom. The molecule has 0 saturated carbocycles. The molecule has 1 aromatic heterocycles. The van der Waals surface area contributed by atoms with Crippen molar-refractivity contribution in [1.29, 1.82) is 0 Å². The van der Waals surface area contributed by atoms with Crippen LogP contribution in [0.25, 0.3) is 11.3 Å². The van der Waals surface area contributed by atoms with E-state index in [9.17, 15) is 0 Å². The summed E-state index contributed by atoms with van der Waals surface area (Å²) >= 11 is 1.71. The van der Waals surface area contributed by atoms with Gasteiger partial charge in [0.1, 0.15) is 0 Å². The van der Waals surface area contributed by atoms with Crippen LogP contribution >= 0.6 is 11.3 Å². The third-order valence-corrected chi connectivity index (χ3v) is 5.53. The van der Waals surface area contributed by atoms with Gasteiger partial charge in [0.15, 0.2) is 4.80 Å². The lowest BCUT2D eigenvalue weighted by Gasteiger charge is -2.10. The van der Waals surface area contributed by atoms with Crippen LogP contribution in [0.15, 0.2) is 95.3 Å². The number of para-hydroxylation sites is 1. The van der Waals surface area contributed by atoms with Crippen LogP contribution in [0.2, 0.25) is 0 Å². The lowest BCUT2D eigenvalue weighted by Crippen LogP contribution is -2.17. The smallest absolute Gasteiger partial charge is 0.190 e. The topological polar surface area (TPSA) is 17.3 Å². The van der Waals surface area contributed by atoms with Crippen molar-refractivity contribution in [3.8, 4) is 11.3 Å². The molecule has 0 atom stereocenters. The van der Waals surface area contributed by atoms with E-state index in [1.807, 2.05) is 6.07 Å². The fourth-order valence-corrected chi connectivity index (χ4v) is 4.10. The van der Waals surface area contributed by atoms with Crippen molar-refractivity contribution < 1.29 is 0 Å². The van der Waals surface area contributed by atoms with Crippen molar-refractivity contribution >= 4 is 17.0 Å². The van der Waals surface area contributed by atoms with Crippen molar-refractivity contribution in [2.24, 2.45) is 4.99 Å². The number of nitrogens with zero attached hydrogens (tertiary/aromatic N) is 2. The van der Waals surface area contributed by atoms with Gasteiger partial charge in [-0.2, -0.15) is 0 Å². The number of benzene rings is 3. The quantitative estimate of drug-likeness (QED) is 0.410. The minimum Gasteiger partial charge on any atom is -0.316 e. The highest BCUT2D eigenvalue weighted by Crippen LogP contribution is 2.22. The molecule has 1 heterocycles. The fraction of sp³-hybridized carbons (Fsp3) is 0.125. The van der Waals surface area contributed by atoms with Crippen molar-refractivity contribution in [3.63, 3.8) is 0 Å². The molecule has 0 unspecified atom stereocenters. The van der Waals surface area contributed by atoms with Crippen LogP contribution in [0, 0.1) is 6.92 Å². The van der Waals surface area contributed by atoms with Crippen molar-refractivity contribution in [2.75, 3.05) is 0 Å². The highest BCUT2D eigenvalue weighted by molar-refractivity contribution is 7.07. The molecule has 0 aliphatic carbocycles. The molecule has 3 aromatic carbocycles. The second-order valence-electron chi connectivity index (χ2n) is 6.56. The highest BCUT2D eigenvalue weighted by Gasteiger charge is 2.08. The maximum atomic E-state index is 4.98. The molecular weight excluding hydrogens is 348 g/mol. The molecule has 0 amide bonds. The second-order valence-corrected chi connectivity index (χ2v) is 7.39. The Morgan fingerprint density at radius 1 is 0.815 bits per heavy atom. The molecule has 4 aromatic rings. The molecule has 0 N–H and O–H groups in total. The van der Waals surface area contributed by atoms with Gasteiger partial charge < -0.3 is 4.57 Å². The Bertz CT molecular complexity index is 1080. The van der Waals surface area contributed by atoms with Crippen LogP contribution < -0.4 is 4.80 Å². The van der Waals surface area contributed by atoms with Gasteiger partial charge in [0.2, 0.25) is 0 Å². The third-order valence-electron chi connectivity index (χ3n) is 4.67. The van der Waals surface area contributed by atoms with Gasteiger partial charge >= 0.3 is 0 Å². The van der Waals surface area contributed by atoms with Crippen LogP contribution in [0.5, 0.6) is 0 Å². The Labute approximate surface area is 164 Å². The molecular formula is C24H22N2S. The lowest BCUT2D eigenvalue weighted by atomic mass is 10.1. The summed E-state index contributed by atoms with van der Waals surface area (Å²) in [6.07, 6.45) is 0.984. The van der Waals surface area contributed by atoms with Crippen LogP contribution in [0.1, 0.15) is 11.1 Å². The Hall–Kier alpha value is -2.91. The number of aromatic nitrogens is 1. The first-order valence-corrected chi connectivity index (χ1v) is 10.1. The molecule has 0 spiro atoms. The molecule has 0 fully saturated rings. The summed E-state index contributed by atoms with van der Waals surface area (Å²) in [6, 6.07) is 29.5. The molecule has 0 radical (unpaired) electrons. The monoisotopic (exact) mass is 370 g/mol. The molecule has 134 valence electrons. The van der Waals surface area contributed by atoms with E-state index in [2.05, 4.69) is 95.7 Å². The van der Waals surface area contributed by atoms with E-state index in [-0.39, 0.29) is 0 Å². The predicted molar refractivity (Wildman–Crippen MR) is 114 cm³/mol. The van der Waals surface area contributed by atoms with Crippen LogP contribution in [-0.2, 0) is 13.0 Å². The Morgan fingerprint density at radius 2 is 1.48 bits per heavy atom. The second kappa shape index (κ2) is 8.19. The first-order chi connectivity index (χ1) is 13.3. The van der Waals surface area contributed by atoms with E-state index in [0.29, 0.717) is 0 Å². The minimum absolute atomic E-state index is 0.905. The average Bonchev–Trinajstić information content (AvgIpc) is 3.12. The maximum absolute atomic E-state index is 4.98. The first kappa shape index (κ1) is 17.5. The summed E-state index contributed by atoms with van der Waals surface area (Å²) in [4.78, 5) is 6.02. The van der Waals surface area contributed by atoms with E-state index in [1.54, 1.807) is 11.3 Å². The standard InChI is InChI=1S/C24H22N2S/c1-19-10-8-9-15-22(19)25-24-26(17-16-20-11-4-2-5-12-20)23(18-27-24)21-13-6-3-7-14-21/h2-15,18H,16-17H2,1H3. The van der Waals surface area contributed by atoms with Crippen LogP contribution in [-0.4, -0.2) is 4.57 Å². The summed E-state index contributed by atoms with van der Waals surface area (Å²) in [5, 5.41) is 2.22. The van der Waals surface area contributed by atoms with Gasteiger partial charge in [-0.3, -0.25) is 0 Å². The van der Waals surface area contributed by atoms with Gasteiger partial charge in [0, 0.05) is 11.9 Å². The number of thiazole rings is 1. The molecule has 3 heteroatoms.